The molecule has 6 heteroatoms. The van der Waals surface area contributed by atoms with E-state index >= 15 is 0 Å². The van der Waals surface area contributed by atoms with Gasteiger partial charge < -0.3 is 10.1 Å². The van der Waals surface area contributed by atoms with Crippen LogP contribution in [0.3, 0.4) is 0 Å². The minimum absolute atomic E-state index is 0.603. The fraction of sp³-hybridized carbons (Fsp3) is 1.00. The fourth-order valence-electron chi connectivity index (χ4n) is 1.97. The topological polar surface area (TPSA) is 21.3 Å². The maximum atomic E-state index is 12.8. The van der Waals surface area contributed by atoms with E-state index in [4.69, 9.17) is 4.74 Å². The molecule has 0 amide bonds. The molecule has 0 atom stereocenters. The zero-order chi connectivity index (χ0) is 13.6. The van der Waals surface area contributed by atoms with Crippen LogP contribution in [0.15, 0.2) is 0 Å². The van der Waals surface area contributed by atoms with Crippen molar-refractivity contribution < 1.29 is 22.3 Å². The lowest BCUT2D eigenvalue weighted by Crippen LogP contribution is -2.46. The molecule has 0 aromatic carbocycles. The van der Waals surface area contributed by atoms with Crippen molar-refractivity contribution in [1.29, 1.82) is 0 Å². The standard InChI is InChI=1S/C12H21F4NO/c1-2-7-17-8-6-11(4-3-5-11)18-9-12(15,16)10(13)14/h10,17H,2-9H2,1H3. The third-order valence-corrected chi connectivity index (χ3v) is 3.34. The summed E-state index contributed by atoms with van der Waals surface area (Å²) >= 11 is 0. The van der Waals surface area contributed by atoms with E-state index in [1.54, 1.807) is 0 Å². The molecule has 18 heavy (non-hydrogen) atoms. The van der Waals surface area contributed by atoms with Crippen molar-refractivity contribution >= 4 is 0 Å². The van der Waals surface area contributed by atoms with E-state index < -0.39 is 24.6 Å². The van der Waals surface area contributed by atoms with Crippen LogP contribution in [0.2, 0.25) is 0 Å². The van der Waals surface area contributed by atoms with E-state index in [0.29, 0.717) is 25.8 Å². The predicted molar refractivity (Wildman–Crippen MR) is 61.3 cm³/mol. The average Bonchev–Trinajstić information content (AvgIpc) is 2.26. The van der Waals surface area contributed by atoms with E-state index in [0.717, 1.165) is 19.4 Å². The number of rotatable bonds is 9. The zero-order valence-corrected chi connectivity index (χ0v) is 10.7. The van der Waals surface area contributed by atoms with E-state index in [9.17, 15) is 17.6 Å². The second-order valence-electron chi connectivity index (χ2n) is 4.89. The van der Waals surface area contributed by atoms with Crippen molar-refractivity contribution in [1.82, 2.24) is 5.32 Å². The highest BCUT2D eigenvalue weighted by Gasteiger charge is 2.45. The normalized spacial score (nSPS) is 19.0. The van der Waals surface area contributed by atoms with Crippen LogP contribution in [-0.2, 0) is 4.74 Å². The number of ether oxygens (including phenoxy) is 1. The van der Waals surface area contributed by atoms with Gasteiger partial charge in [-0.2, -0.15) is 8.78 Å². The van der Waals surface area contributed by atoms with Gasteiger partial charge in [0.05, 0.1) is 5.60 Å². The van der Waals surface area contributed by atoms with Gasteiger partial charge in [0.25, 0.3) is 0 Å². The molecule has 0 aromatic heterocycles. The molecular weight excluding hydrogens is 250 g/mol. The van der Waals surface area contributed by atoms with Crippen molar-refractivity contribution in [3.05, 3.63) is 0 Å². The Kier molecular flexibility index (Phi) is 5.85. The van der Waals surface area contributed by atoms with Gasteiger partial charge in [0.15, 0.2) is 0 Å². The van der Waals surface area contributed by atoms with Crippen LogP contribution in [0.25, 0.3) is 0 Å². The largest absolute Gasteiger partial charge is 0.368 e. The van der Waals surface area contributed by atoms with Gasteiger partial charge in [0, 0.05) is 0 Å². The van der Waals surface area contributed by atoms with Crippen molar-refractivity contribution in [2.45, 2.75) is 57.0 Å². The SMILES string of the molecule is CCCNCCC1(OCC(F)(F)C(F)F)CCC1. The summed E-state index contributed by atoms with van der Waals surface area (Å²) in [6.07, 6.45) is 0.214. The van der Waals surface area contributed by atoms with E-state index in [2.05, 4.69) is 5.32 Å². The Hall–Kier alpha value is -0.360. The summed E-state index contributed by atoms with van der Waals surface area (Å²) < 4.78 is 54.7. The van der Waals surface area contributed by atoms with Gasteiger partial charge in [-0.3, -0.25) is 0 Å². The van der Waals surface area contributed by atoms with Crippen molar-refractivity contribution in [2.75, 3.05) is 19.7 Å². The van der Waals surface area contributed by atoms with Gasteiger partial charge in [0.2, 0.25) is 0 Å². The Morgan fingerprint density at radius 3 is 2.39 bits per heavy atom. The fourth-order valence-corrected chi connectivity index (χ4v) is 1.97. The molecule has 1 aliphatic carbocycles. The summed E-state index contributed by atoms with van der Waals surface area (Å²) in [5.74, 6) is -4.04. The summed E-state index contributed by atoms with van der Waals surface area (Å²) in [4.78, 5) is 0. The highest BCUT2D eigenvalue weighted by atomic mass is 19.3. The molecule has 0 spiro atoms. The Labute approximate surface area is 105 Å². The molecular formula is C12H21F4NO. The van der Waals surface area contributed by atoms with Crippen LogP contribution in [0.1, 0.15) is 39.0 Å². The first-order valence-electron chi connectivity index (χ1n) is 6.42. The Balaban J connectivity index is 2.32. The van der Waals surface area contributed by atoms with Gasteiger partial charge in [0.1, 0.15) is 6.61 Å². The highest BCUT2D eigenvalue weighted by molar-refractivity contribution is 4.91. The monoisotopic (exact) mass is 271 g/mol. The molecule has 0 bridgehead atoms. The molecule has 0 aromatic rings. The molecule has 1 fully saturated rings. The maximum absolute atomic E-state index is 12.8. The van der Waals surface area contributed by atoms with Gasteiger partial charge in [-0.05, 0) is 45.2 Å². The second-order valence-corrected chi connectivity index (χ2v) is 4.89. The lowest BCUT2D eigenvalue weighted by Gasteiger charge is -2.42. The maximum Gasteiger partial charge on any atom is 0.330 e. The number of hydrogen-bond acceptors (Lipinski definition) is 2. The number of nitrogens with one attached hydrogen (secondary N) is 1. The molecule has 108 valence electrons. The lowest BCUT2D eigenvalue weighted by atomic mass is 9.77. The van der Waals surface area contributed by atoms with Gasteiger partial charge in [-0.25, -0.2) is 8.78 Å². The second kappa shape index (κ2) is 6.70. The molecule has 1 rings (SSSR count). The molecule has 0 radical (unpaired) electrons. The molecule has 2 nitrogen and oxygen atoms in total. The quantitative estimate of drug-likeness (QED) is 0.513. The van der Waals surface area contributed by atoms with Crippen molar-refractivity contribution in [3.63, 3.8) is 0 Å². The van der Waals surface area contributed by atoms with Crippen molar-refractivity contribution in [3.8, 4) is 0 Å². The molecule has 0 saturated heterocycles. The van der Waals surface area contributed by atoms with Crippen LogP contribution in [0, 0.1) is 0 Å². The predicted octanol–water partition coefficient (Wildman–Crippen LogP) is 3.22. The van der Waals surface area contributed by atoms with Gasteiger partial charge >= 0.3 is 12.3 Å². The minimum Gasteiger partial charge on any atom is -0.368 e. The van der Waals surface area contributed by atoms with Crippen LogP contribution in [0.4, 0.5) is 17.6 Å². The summed E-state index contributed by atoms with van der Waals surface area (Å²) in [5, 5.41) is 3.16. The molecule has 1 N–H and O–H groups in total. The Morgan fingerprint density at radius 1 is 1.28 bits per heavy atom. The molecule has 1 saturated carbocycles. The third kappa shape index (κ3) is 4.39. The summed E-state index contributed by atoms with van der Waals surface area (Å²) in [5.41, 5.74) is -0.612. The Bertz CT molecular complexity index is 244. The van der Waals surface area contributed by atoms with E-state index in [1.807, 2.05) is 6.92 Å². The highest BCUT2D eigenvalue weighted by Crippen LogP contribution is 2.40. The number of halogens is 4. The summed E-state index contributed by atoms with van der Waals surface area (Å²) in [7, 11) is 0. The van der Waals surface area contributed by atoms with E-state index in [-0.39, 0.29) is 0 Å². The lowest BCUT2D eigenvalue weighted by molar-refractivity contribution is -0.211. The Morgan fingerprint density at radius 2 is 1.94 bits per heavy atom. The average molecular weight is 271 g/mol. The summed E-state index contributed by atoms with van der Waals surface area (Å²) in [6.45, 7) is 2.39. The first kappa shape index (κ1) is 15.7. The van der Waals surface area contributed by atoms with Crippen LogP contribution in [0.5, 0.6) is 0 Å². The molecule has 0 unspecified atom stereocenters. The van der Waals surface area contributed by atoms with E-state index in [1.165, 1.54) is 0 Å². The van der Waals surface area contributed by atoms with Crippen molar-refractivity contribution in [2.24, 2.45) is 0 Å². The van der Waals surface area contributed by atoms with Crippen LogP contribution < -0.4 is 5.32 Å². The first-order chi connectivity index (χ1) is 8.42. The number of hydrogen-bond donors (Lipinski definition) is 1. The third-order valence-electron chi connectivity index (χ3n) is 3.34. The first-order valence-corrected chi connectivity index (χ1v) is 6.42. The van der Waals surface area contributed by atoms with Crippen LogP contribution in [-0.4, -0.2) is 37.6 Å². The summed E-state index contributed by atoms with van der Waals surface area (Å²) in [6, 6.07) is 0. The van der Waals surface area contributed by atoms with Gasteiger partial charge in [-0.1, -0.05) is 6.92 Å². The molecule has 0 heterocycles. The smallest absolute Gasteiger partial charge is 0.330 e. The van der Waals surface area contributed by atoms with Gasteiger partial charge in [-0.15, -0.1) is 0 Å². The number of alkyl halides is 4. The minimum atomic E-state index is -4.04. The molecule has 0 aliphatic heterocycles. The zero-order valence-electron chi connectivity index (χ0n) is 10.7. The van der Waals surface area contributed by atoms with Crippen LogP contribution >= 0.6 is 0 Å². The molecule has 1 aliphatic rings.